The molecule has 2 heteroatoms. The van der Waals surface area contributed by atoms with E-state index in [4.69, 9.17) is 9.47 Å². The lowest BCUT2D eigenvalue weighted by atomic mass is 9.99. The van der Waals surface area contributed by atoms with Crippen molar-refractivity contribution in [3.05, 3.63) is 35.4 Å². The summed E-state index contributed by atoms with van der Waals surface area (Å²) >= 11 is 0. The Labute approximate surface area is 95.2 Å². The predicted octanol–water partition coefficient (Wildman–Crippen LogP) is 3.28. The maximum absolute atomic E-state index is 5.89. The smallest absolute Gasteiger partial charge is 0.137 e. The molecule has 0 radical (unpaired) electrons. The van der Waals surface area contributed by atoms with Crippen LogP contribution in [0.4, 0.5) is 0 Å². The van der Waals surface area contributed by atoms with Crippen molar-refractivity contribution in [3.63, 3.8) is 0 Å². The van der Waals surface area contributed by atoms with E-state index in [1.54, 1.807) is 0 Å². The first-order valence-corrected chi connectivity index (χ1v) is 5.50. The van der Waals surface area contributed by atoms with Crippen LogP contribution in [-0.4, -0.2) is 12.2 Å². The lowest BCUT2D eigenvalue weighted by Crippen LogP contribution is -2.27. The minimum absolute atomic E-state index is 0.230. The molecule has 2 heterocycles. The lowest BCUT2D eigenvalue weighted by Gasteiger charge is -2.29. The molecule has 82 valence electrons. The third kappa shape index (κ3) is 1.42. The normalized spacial score (nSPS) is 19.4. The summed E-state index contributed by atoms with van der Waals surface area (Å²) in [5.74, 6) is 1.84. The van der Waals surface area contributed by atoms with Crippen LogP contribution >= 0.6 is 0 Å². The monoisotopic (exact) mass is 214 g/mol. The van der Waals surface area contributed by atoms with Gasteiger partial charge in [0.05, 0.1) is 5.56 Å². The highest BCUT2D eigenvalue weighted by Gasteiger charge is 2.25. The second kappa shape index (κ2) is 3.14. The molecule has 1 aromatic rings. The van der Waals surface area contributed by atoms with Crippen LogP contribution in [0.15, 0.2) is 24.3 Å². The van der Waals surface area contributed by atoms with Crippen molar-refractivity contribution in [2.75, 3.05) is 6.61 Å². The molecule has 0 aromatic heterocycles. The van der Waals surface area contributed by atoms with E-state index in [1.807, 2.05) is 32.1 Å². The molecule has 0 saturated heterocycles. The third-order valence-corrected chi connectivity index (χ3v) is 2.83. The van der Waals surface area contributed by atoms with Crippen LogP contribution in [0, 0.1) is 0 Å². The van der Waals surface area contributed by atoms with Crippen molar-refractivity contribution < 1.29 is 9.47 Å². The van der Waals surface area contributed by atoms with Crippen molar-refractivity contribution in [2.45, 2.75) is 19.4 Å². The maximum Gasteiger partial charge on any atom is 0.137 e. The summed E-state index contributed by atoms with van der Waals surface area (Å²) in [4.78, 5) is 0. The lowest BCUT2D eigenvalue weighted by molar-refractivity contribution is 0.158. The molecule has 3 rings (SSSR count). The van der Waals surface area contributed by atoms with Crippen molar-refractivity contribution in [2.24, 2.45) is 0 Å². The van der Waals surface area contributed by atoms with E-state index < -0.39 is 0 Å². The van der Waals surface area contributed by atoms with E-state index in [0.29, 0.717) is 6.61 Å². The van der Waals surface area contributed by atoms with Gasteiger partial charge < -0.3 is 9.47 Å². The zero-order valence-electron chi connectivity index (χ0n) is 9.49. The third-order valence-electron chi connectivity index (χ3n) is 2.83. The fraction of sp³-hybridized carbons (Fsp3) is 0.286. The molecule has 2 nitrogen and oxygen atoms in total. The van der Waals surface area contributed by atoms with Gasteiger partial charge in [-0.3, -0.25) is 0 Å². The number of rotatable bonds is 0. The predicted molar refractivity (Wildman–Crippen MR) is 64.7 cm³/mol. The molecule has 2 aliphatic rings. The van der Waals surface area contributed by atoms with Gasteiger partial charge in [-0.25, -0.2) is 0 Å². The Morgan fingerprint density at radius 1 is 1.19 bits per heavy atom. The van der Waals surface area contributed by atoms with E-state index in [9.17, 15) is 0 Å². The highest BCUT2D eigenvalue weighted by Crippen LogP contribution is 2.40. The first kappa shape index (κ1) is 9.52. The Bertz CT molecular complexity index is 496. The Hall–Kier alpha value is -1.70. The first-order valence-electron chi connectivity index (χ1n) is 5.50. The van der Waals surface area contributed by atoms with Crippen LogP contribution in [0.2, 0.25) is 0 Å². The zero-order valence-corrected chi connectivity index (χ0v) is 9.49. The van der Waals surface area contributed by atoms with E-state index >= 15 is 0 Å². The highest BCUT2D eigenvalue weighted by atomic mass is 16.5. The van der Waals surface area contributed by atoms with Gasteiger partial charge in [-0.1, -0.05) is 6.08 Å². The van der Waals surface area contributed by atoms with Crippen molar-refractivity contribution >= 4 is 12.2 Å². The average Bonchev–Trinajstić information content (AvgIpc) is 2.27. The van der Waals surface area contributed by atoms with Gasteiger partial charge in [-0.05, 0) is 44.2 Å². The molecular weight excluding hydrogens is 200 g/mol. The van der Waals surface area contributed by atoms with Gasteiger partial charge in [0.1, 0.15) is 23.7 Å². The number of benzene rings is 1. The standard InChI is InChI=1S/C14H14O2/c1-14(2)8-7-11-12(16-14)6-5-10-4-3-9-15-13(10)11/h3-8H,9H2,1-2H3. The van der Waals surface area contributed by atoms with Crippen molar-refractivity contribution in [1.82, 2.24) is 0 Å². The van der Waals surface area contributed by atoms with E-state index in [-0.39, 0.29) is 5.60 Å². The van der Waals surface area contributed by atoms with Gasteiger partial charge >= 0.3 is 0 Å². The van der Waals surface area contributed by atoms with E-state index in [2.05, 4.69) is 18.2 Å². The number of hydrogen-bond acceptors (Lipinski definition) is 2. The van der Waals surface area contributed by atoms with Crippen LogP contribution in [-0.2, 0) is 0 Å². The summed E-state index contributed by atoms with van der Waals surface area (Å²) in [5, 5.41) is 0. The molecule has 0 aliphatic carbocycles. The summed E-state index contributed by atoms with van der Waals surface area (Å²) < 4.78 is 11.6. The molecule has 0 N–H and O–H groups in total. The first-order chi connectivity index (χ1) is 7.66. The minimum atomic E-state index is -0.230. The van der Waals surface area contributed by atoms with Gasteiger partial charge in [-0.2, -0.15) is 0 Å². The van der Waals surface area contributed by atoms with Crippen molar-refractivity contribution in [1.29, 1.82) is 0 Å². The fourth-order valence-corrected chi connectivity index (χ4v) is 2.05. The molecule has 16 heavy (non-hydrogen) atoms. The molecule has 0 saturated carbocycles. The minimum Gasteiger partial charge on any atom is -0.488 e. The summed E-state index contributed by atoms with van der Waals surface area (Å²) in [7, 11) is 0. The highest BCUT2D eigenvalue weighted by molar-refractivity contribution is 5.74. The second-order valence-electron chi connectivity index (χ2n) is 4.65. The molecular formula is C14H14O2. The molecule has 0 spiro atoms. The summed E-state index contributed by atoms with van der Waals surface area (Å²) in [5.41, 5.74) is 1.95. The van der Waals surface area contributed by atoms with Crippen LogP contribution in [0.1, 0.15) is 25.0 Å². The average molecular weight is 214 g/mol. The second-order valence-corrected chi connectivity index (χ2v) is 4.65. The van der Waals surface area contributed by atoms with Gasteiger partial charge in [0.25, 0.3) is 0 Å². The van der Waals surface area contributed by atoms with Crippen molar-refractivity contribution in [3.8, 4) is 11.5 Å². The molecule has 0 atom stereocenters. The van der Waals surface area contributed by atoms with Gasteiger partial charge in [0.2, 0.25) is 0 Å². The van der Waals surface area contributed by atoms with E-state index in [0.717, 1.165) is 22.6 Å². The quantitative estimate of drug-likeness (QED) is 0.659. The summed E-state index contributed by atoms with van der Waals surface area (Å²) in [6, 6.07) is 4.05. The van der Waals surface area contributed by atoms with Crippen LogP contribution in [0.5, 0.6) is 11.5 Å². The molecule has 0 unspecified atom stereocenters. The SMILES string of the molecule is CC1(C)C=Cc2c(ccc3c2OCC=C3)O1. The fourth-order valence-electron chi connectivity index (χ4n) is 2.05. The number of ether oxygens (including phenoxy) is 2. The van der Waals surface area contributed by atoms with Gasteiger partial charge in [-0.15, -0.1) is 0 Å². The van der Waals surface area contributed by atoms with E-state index in [1.165, 1.54) is 0 Å². The molecule has 2 aliphatic heterocycles. The summed E-state index contributed by atoms with van der Waals surface area (Å²) in [6.07, 6.45) is 8.27. The Morgan fingerprint density at radius 2 is 2.06 bits per heavy atom. The largest absolute Gasteiger partial charge is 0.488 e. The van der Waals surface area contributed by atoms with Crippen LogP contribution < -0.4 is 9.47 Å². The molecule has 0 amide bonds. The summed E-state index contributed by atoms with van der Waals surface area (Å²) in [6.45, 7) is 4.74. The molecule has 1 aromatic carbocycles. The topological polar surface area (TPSA) is 18.5 Å². The molecule has 0 bridgehead atoms. The van der Waals surface area contributed by atoms with Crippen LogP contribution in [0.3, 0.4) is 0 Å². The zero-order chi connectivity index (χ0) is 11.2. The Balaban J connectivity index is 2.16. The van der Waals surface area contributed by atoms with Crippen LogP contribution in [0.25, 0.3) is 12.2 Å². The Morgan fingerprint density at radius 3 is 2.94 bits per heavy atom. The maximum atomic E-state index is 5.89. The van der Waals surface area contributed by atoms with Gasteiger partial charge in [0.15, 0.2) is 0 Å². The van der Waals surface area contributed by atoms with Gasteiger partial charge in [0, 0.05) is 5.56 Å². The number of fused-ring (bicyclic) bond motifs is 3. The molecule has 0 fully saturated rings. The Kier molecular flexibility index (Phi) is 1.87. The number of hydrogen-bond donors (Lipinski definition) is 0.